The second-order valence-electron chi connectivity index (χ2n) is 13.8. The Morgan fingerprint density at radius 1 is 0.923 bits per heavy atom. The molecule has 0 bridgehead atoms. The minimum atomic E-state index is -0.0231. The Morgan fingerprint density at radius 2 is 1.64 bits per heavy atom. The van der Waals surface area contributed by atoms with E-state index >= 15 is 0 Å². The first-order valence-electron chi connectivity index (χ1n) is 15.4. The van der Waals surface area contributed by atoms with Crippen molar-refractivity contribution in [1.82, 2.24) is 10.2 Å². The van der Waals surface area contributed by atoms with E-state index in [0.717, 1.165) is 32.1 Å². The van der Waals surface area contributed by atoms with Gasteiger partial charge in [-0.3, -0.25) is 9.59 Å². The fraction of sp³-hybridized carbons (Fsp3) is 0.600. The lowest BCUT2D eigenvalue weighted by Gasteiger charge is -2.61. The third-order valence-corrected chi connectivity index (χ3v) is 12.0. The molecule has 1 saturated heterocycles. The molecule has 208 valence electrons. The zero-order chi connectivity index (χ0) is 27.4. The van der Waals surface area contributed by atoms with Gasteiger partial charge in [0.05, 0.1) is 6.04 Å². The molecule has 8 atom stereocenters. The van der Waals surface area contributed by atoms with Crippen molar-refractivity contribution >= 4 is 11.8 Å². The van der Waals surface area contributed by atoms with Crippen LogP contribution in [0.5, 0.6) is 0 Å². The zero-order valence-electron chi connectivity index (χ0n) is 24.3. The van der Waals surface area contributed by atoms with Gasteiger partial charge >= 0.3 is 0 Å². The van der Waals surface area contributed by atoms with E-state index in [1.165, 1.54) is 36.0 Å². The number of nitrogens with zero attached hydrogens (tertiary/aromatic N) is 1. The molecule has 2 amide bonds. The molecule has 1 heterocycles. The number of amides is 2. The smallest absolute Gasteiger partial charge is 0.224 e. The predicted octanol–water partition coefficient (Wildman–Crippen LogP) is 6.87. The van der Waals surface area contributed by atoms with Crippen LogP contribution in [0.2, 0.25) is 0 Å². The summed E-state index contributed by atoms with van der Waals surface area (Å²) in [6, 6.07) is 19.6. The van der Waals surface area contributed by atoms with Crippen LogP contribution in [0.25, 0.3) is 0 Å². The van der Waals surface area contributed by atoms with E-state index in [0.29, 0.717) is 36.1 Å². The first-order chi connectivity index (χ1) is 18.7. The molecule has 2 aromatic carbocycles. The molecule has 4 nitrogen and oxygen atoms in total. The third-order valence-electron chi connectivity index (χ3n) is 12.0. The number of fused-ring (bicyclic) bond motifs is 5. The number of hydrogen-bond acceptors (Lipinski definition) is 2. The molecule has 0 spiro atoms. The molecule has 4 aliphatic rings. The molecule has 4 fully saturated rings. The van der Waals surface area contributed by atoms with Gasteiger partial charge in [-0.05, 0) is 98.0 Å². The molecular weight excluding hydrogens is 480 g/mol. The van der Waals surface area contributed by atoms with Crippen molar-refractivity contribution in [2.45, 2.75) is 90.6 Å². The molecular formula is C35H46N2O2. The number of aryl methyl sites for hydroxylation is 1. The topological polar surface area (TPSA) is 49.4 Å². The summed E-state index contributed by atoms with van der Waals surface area (Å²) in [6.07, 6.45) is 9.36. The lowest BCUT2D eigenvalue weighted by molar-refractivity contribution is -0.159. The van der Waals surface area contributed by atoms with Crippen LogP contribution in [0.1, 0.15) is 87.9 Å². The van der Waals surface area contributed by atoms with Crippen molar-refractivity contribution in [3.05, 3.63) is 71.3 Å². The Kier molecular flexibility index (Phi) is 6.88. The summed E-state index contributed by atoms with van der Waals surface area (Å²) in [6.45, 7) is 7.04. The Morgan fingerprint density at radius 3 is 2.38 bits per heavy atom. The SMILES string of the molecule is Cc1ccc(C[C@H](NC(=O)C2CC[C@H]3[C@@H]4CCC5N(C)C(=O)CC[C@]5(C)[C@@H]4CC[C@]23C)c2ccccc2)cc1. The van der Waals surface area contributed by atoms with Crippen LogP contribution in [0.15, 0.2) is 54.6 Å². The van der Waals surface area contributed by atoms with Crippen molar-refractivity contribution in [2.24, 2.45) is 34.5 Å². The van der Waals surface area contributed by atoms with Gasteiger partial charge in [0.25, 0.3) is 0 Å². The van der Waals surface area contributed by atoms with Crippen LogP contribution < -0.4 is 5.32 Å². The van der Waals surface area contributed by atoms with Crippen molar-refractivity contribution in [1.29, 1.82) is 0 Å². The quantitative estimate of drug-likeness (QED) is 0.462. The molecule has 3 saturated carbocycles. The highest BCUT2D eigenvalue weighted by molar-refractivity contribution is 5.80. The van der Waals surface area contributed by atoms with Crippen molar-refractivity contribution < 1.29 is 9.59 Å². The first kappa shape index (κ1) is 26.6. The predicted molar refractivity (Wildman–Crippen MR) is 156 cm³/mol. The van der Waals surface area contributed by atoms with E-state index in [1.54, 1.807) is 0 Å². The van der Waals surface area contributed by atoms with Gasteiger partial charge in [0.15, 0.2) is 0 Å². The number of piperidine rings is 1. The molecule has 4 heteroatoms. The number of carbonyl (C=O) groups is 2. The van der Waals surface area contributed by atoms with E-state index in [-0.39, 0.29) is 28.7 Å². The van der Waals surface area contributed by atoms with Gasteiger partial charge < -0.3 is 10.2 Å². The minimum Gasteiger partial charge on any atom is -0.349 e. The van der Waals surface area contributed by atoms with Crippen LogP contribution in [-0.4, -0.2) is 29.8 Å². The van der Waals surface area contributed by atoms with Gasteiger partial charge in [-0.25, -0.2) is 0 Å². The summed E-state index contributed by atoms with van der Waals surface area (Å²) in [4.78, 5) is 28.7. The van der Waals surface area contributed by atoms with E-state index in [4.69, 9.17) is 0 Å². The maximum absolute atomic E-state index is 14.1. The average Bonchev–Trinajstić information content (AvgIpc) is 3.30. The van der Waals surface area contributed by atoms with E-state index in [2.05, 4.69) is 79.5 Å². The van der Waals surface area contributed by atoms with Gasteiger partial charge in [-0.2, -0.15) is 0 Å². The molecule has 3 aliphatic carbocycles. The standard InChI is InChI=1S/C35H46N2O2/c1-23-10-12-24(13-11-23)22-30(25-8-6-5-7-9-25)36-33(39)29-16-15-27-26-14-17-31-35(3,21-19-32(38)37(31)4)28(26)18-20-34(27,29)2/h5-13,26-31H,14-22H2,1-4H3,(H,36,39)/t26-,27-,28+,29?,30-,31?,34-,35+/m0/s1. The number of rotatable bonds is 5. The van der Waals surface area contributed by atoms with E-state index in [9.17, 15) is 9.59 Å². The number of likely N-dealkylation sites (tertiary alicyclic amines) is 1. The van der Waals surface area contributed by atoms with Gasteiger partial charge in [0, 0.05) is 25.4 Å². The summed E-state index contributed by atoms with van der Waals surface area (Å²) >= 11 is 0. The van der Waals surface area contributed by atoms with Crippen LogP contribution in [-0.2, 0) is 16.0 Å². The number of nitrogens with one attached hydrogen (secondary N) is 1. The Labute approximate surface area is 234 Å². The van der Waals surface area contributed by atoms with Crippen LogP contribution in [0.4, 0.5) is 0 Å². The summed E-state index contributed by atoms with van der Waals surface area (Å²) in [5, 5.41) is 3.55. The highest BCUT2D eigenvalue weighted by Gasteiger charge is 2.62. The molecule has 0 aromatic heterocycles. The van der Waals surface area contributed by atoms with E-state index < -0.39 is 0 Å². The molecule has 2 aromatic rings. The van der Waals surface area contributed by atoms with Crippen LogP contribution in [0, 0.1) is 41.4 Å². The fourth-order valence-corrected chi connectivity index (χ4v) is 9.75. The van der Waals surface area contributed by atoms with Crippen molar-refractivity contribution in [3.8, 4) is 0 Å². The second kappa shape index (κ2) is 10.1. The highest BCUT2D eigenvalue weighted by Crippen LogP contribution is 2.66. The molecule has 6 rings (SSSR count). The molecule has 39 heavy (non-hydrogen) atoms. The molecule has 0 radical (unpaired) electrons. The van der Waals surface area contributed by atoms with Crippen molar-refractivity contribution in [3.63, 3.8) is 0 Å². The fourth-order valence-electron chi connectivity index (χ4n) is 9.75. The summed E-state index contributed by atoms with van der Waals surface area (Å²) in [7, 11) is 2.04. The minimum absolute atomic E-state index is 0.0231. The highest BCUT2D eigenvalue weighted by atomic mass is 16.2. The van der Waals surface area contributed by atoms with Crippen LogP contribution in [0.3, 0.4) is 0 Å². The van der Waals surface area contributed by atoms with Gasteiger partial charge in [-0.15, -0.1) is 0 Å². The third kappa shape index (κ3) is 4.52. The number of carbonyl (C=O) groups excluding carboxylic acids is 2. The second-order valence-corrected chi connectivity index (χ2v) is 13.8. The van der Waals surface area contributed by atoms with Gasteiger partial charge in [0.1, 0.15) is 0 Å². The maximum Gasteiger partial charge on any atom is 0.224 e. The average molecular weight is 527 g/mol. The Bertz CT molecular complexity index is 1210. The summed E-state index contributed by atoms with van der Waals surface area (Å²) in [5.74, 6) is 2.62. The van der Waals surface area contributed by atoms with Crippen molar-refractivity contribution in [2.75, 3.05) is 7.05 Å². The lowest BCUT2D eigenvalue weighted by atomic mass is 9.47. The summed E-state index contributed by atoms with van der Waals surface area (Å²) in [5.41, 5.74) is 3.98. The zero-order valence-corrected chi connectivity index (χ0v) is 24.3. The Hall–Kier alpha value is -2.62. The monoisotopic (exact) mass is 526 g/mol. The first-order valence-corrected chi connectivity index (χ1v) is 15.4. The molecule has 2 unspecified atom stereocenters. The molecule has 1 N–H and O–H groups in total. The largest absolute Gasteiger partial charge is 0.349 e. The Balaban J connectivity index is 1.21. The normalized spacial score (nSPS) is 36.5. The van der Waals surface area contributed by atoms with Gasteiger partial charge in [0.2, 0.25) is 11.8 Å². The number of benzene rings is 2. The van der Waals surface area contributed by atoms with Gasteiger partial charge in [-0.1, -0.05) is 74.0 Å². The van der Waals surface area contributed by atoms with E-state index in [1.807, 2.05) is 13.1 Å². The maximum atomic E-state index is 14.1. The van der Waals surface area contributed by atoms with Crippen LogP contribution >= 0.6 is 0 Å². The number of hydrogen-bond donors (Lipinski definition) is 1. The summed E-state index contributed by atoms with van der Waals surface area (Å²) < 4.78 is 0. The molecule has 1 aliphatic heterocycles. The lowest BCUT2D eigenvalue weighted by Crippen LogP contribution is -2.61.